The van der Waals surface area contributed by atoms with Gasteiger partial charge in [0, 0.05) is 0 Å². The minimum Gasteiger partial charge on any atom is -0.393 e. The average molecular weight is 471 g/mol. The Morgan fingerprint density at radius 2 is 1.79 bits per heavy atom. The molecule has 2 saturated carbocycles. The Labute approximate surface area is 213 Å². The molecule has 0 aromatic heterocycles. The molecule has 0 heterocycles. The van der Waals surface area contributed by atoms with Crippen LogP contribution >= 0.6 is 0 Å². The molecule has 0 aromatic carbocycles. The van der Waals surface area contributed by atoms with E-state index in [0.717, 1.165) is 31.1 Å². The standard InChI is InChI=1S/C31H52O.C2H6/c1-8-27(13-9-12-26(5)32)17-18-28-14-10-20-30(6,7)29(19-16-25(28)4)15-11-21-31(22-23-31)24(2)3;1-2/h8,11,17-18,21,24-26,29,32H,1,9-10,12-16,19-20,22-23H2,2-7H3;1-2H3/b21-11+,27-17+,28-18+;. The maximum absolute atomic E-state index is 9.51. The molecule has 0 amide bonds. The topological polar surface area (TPSA) is 20.2 Å². The van der Waals surface area contributed by atoms with Crippen LogP contribution in [0.5, 0.6) is 0 Å². The third-order valence-corrected chi connectivity index (χ3v) is 8.68. The number of hydrogen-bond acceptors (Lipinski definition) is 1. The predicted molar refractivity (Wildman–Crippen MR) is 153 cm³/mol. The molecule has 196 valence electrons. The van der Waals surface area contributed by atoms with E-state index in [1.165, 1.54) is 56.9 Å². The smallest absolute Gasteiger partial charge is 0.0512 e. The molecule has 3 unspecified atom stereocenters. The van der Waals surface area contributed by atoms with Crippen LogP contribution < -0.4 is 0 Å². The molecule has 0 spiro atoms. The van der Waals surface area contributed by atoms with E-state index in [0.29, 0.717) is 16.7 Å². The fourth-order valence-corrected chi connectivity index (χ4v) is 5.53. The molecule has 0 bridgehead atoms. The summed E-state index contributed by atoms with van der Waals surface area (Å²) in [6.07, 6.45) is 25.0. The lowest BCUT2D eigenvalue weighted by atomic mass is 9.71. The van der Waals surface area contributed by atoms with Gasteiger partial charge in [-0.15, -0.1) is 0 Å². The molecule has 0 radical (unpaired) electrons. The van der Waals surface area contributed by atoms with Crippen molar-refractivity contribution in [1.82, 2.24) is 0 Å². The zero-order chi connectivity index (χ0) is 25.8. The van der Waals surface area contributed by atoms with Crippen molar-refractivity contribution in [2.75, 3.05) is 0 Å². The van der Waals surface area contributed by atoms with Crippen LogP contribution in [0.2, 0.25) is 0 Å². The van der Waals surface area contributed by atoms with Crippen molar-refractivity contribution >= 4 is 0 Å². The Kier molecular flexibility index (Phi) is 13.8. The van der Waals surface area contributed by atoms with Crippen LogP contribution in [0.15, 0.2) is 48.1 Å². The summed E-state index contributed by atoms with van der Waals surface area (Å²) in [7, 11) is 0. The van der Waals surface area contributed by atoms with Crippen molar-refractivity contribution in [1.29, 1.82) is 0 Å². The van der Waals surface area contributed by atoms with Gasteiger partial charge < -0.3 is 5.11 Å². The number of rotatable bonds is 10. The quantitative estimate of drug-likeness (QED) is 0.249. The molecule has 2 rings (SSSR count). The van der Waals surface area contributed by atoms with E-state index < -0.39 is 0 Å². The fraction of sp³-hybridized carbons (Fsp3) is 0.758. The van der Waals surface area contributed by atoms with E-state index in [1.807, 2.05) is 26.8 Å². The molecule has 1 N–H and O–H groups in total. The van der Waals surface area contributed by atoms with Crippen LogP contribution in [0.4, 0.5) is 0 Å². The van der Waals surface area contributed by atoms with E-state index in [9.17, 15) is 5.11 Å². The van der Waals surface area contributed by atoms with Crippen molar-refractivity contribution in [2.24, 2.45) is 28.6 Å². The zero-order valence-corrected chi connectivity index (χ0v) is 24.1. The molecule has 34 heavy (non-hydrogen) atoms. The SMILES string of the molecule is C=C/C(=C\C=C1/CCCC(C)(C)C(C/C=C/C2(C(C)C)CC2)CCC1C)CCCC(C)O.CC. The Morgan fingerprint density at radius 1 is 1.12 bits per heavy atom. The van der Waals surface area contributed by atoms with Gasteiger partial charge in [0.25, 0.3) is 0 Å². The van der Waals surface area contributed by atoms with Gasteiger partial charge in [-0.2, -0.15) is 0 Å². The molecule has 0 aliphatic heterocycles. The van der Waals surface area contributed by atoms with Crippen LogP contribution in [0.25, 0.3) is 0 Å². The molecule has 0 aromatic rings. The van der Waals surface area contributed by atoms with Crippen LogP contribution in [0.1, 0.15) is 126 Å². The van der Waals surface area contributed by atoms with Gasteiger partial charge in [0.1, 0.15) is 0 Å². The third-order valence-electron chi connectivity index (χ3n) is 8.68. The van der Waals surface area contributed by atoms with Crippen molar-refractivity contribution in [3.05, 3.63) is 48.1 Å². The van der Waals surface area contributed by atoms with Crippen molar-refractivity contribution < 1.29 is 5.11 Å². The first-order valence-electron chi connectivity index (χ1n) is 14.5. The first-order chi connectivity index (χ1) is 16.1. The first kappa shape index (κ1) is 31.0. The second kappa shape index (κ2) is 15.1. The number of aliphatic hydroxyl groups is 1. The van der Waals surface area contributed by atoms with Crippen LogP contribution in [-0.4, -0.2) is 11.2 Å². The van der Waals surface area contributed by atoms with E-state index in [2.05, 4.69) is 65.5 Å². The Morgan fingerprint density at radius 3 is 2.35 bits per heavy atom. The lowest BCUT2D eigenvalue weighted by Crippen LogP contribution is -2.24. The monoisotopic (exact) mass is 470 g/mol. The summed E-state index contributed by atoms with van der Waals surface area (Å²) in [4.78, 5) is 0. The Hall–Kier alpha value is -1.08. The largest absolute Gasteiger partial charge is 0.393 e. The fourth-order valence-electron chi connectivity index (χ4n) is 5.53. The molecule has 2 aliphatic carbocycles. The number of hydrogen-bond donors (Lipinski definition) is 1. The van der Waals surface area contributed by atoms with Crippen molar-refractivity contribution in [3.63, 3.8) is 0 Å². The summed E-state index contributed by atoms with van der Waals surface area (Å²) >= 11 is 0. The van der Waals surface area contributed by atoms with Crippen molar-refractivity contribution in [3.8, 4) is 0 Å². The maximum atomic E-state index is 9.51. The van der Waals surface area contributed by atoms with Gasteiger partial charge >= 0.3 is 0 Å². The second-order valence-corrected chi connectivity index (χ2v) is 12.0. The van der Waals surface area contributed by atoms with Crippen molar-refractivity contribution in [2.45, 2.75) is 132 Å². The average Bonchev–Trinajstić information content (AvgIpc) is 3.58. The Bertz CT molecular complexity index is 669. The molecule has 2 fully saturated rings. The van der Waals surface area contributed by atoms with Gasteiger partial charge in [0.15, 0.2) is 0 Å². The molecule has 2 aliphatic rings. The van der Waals surface area contributed by atoms with E-state index in [4.69, 9.17) is 0 Å². The predicted octanol–water partition coefficient (Wildman–Crippen LogP) is 10.2. The summed E-state index contributed by atoms with van der Waals surface area (Å²) < 4.78 is 0. The maximum Gasteiger partial charge on any atom is 0.0512 e. The summed E-state index contributed by atoms with van der Waals surface area (Å²) in [6.45, 7) is 22.1. The number of allylic oxidation sites excluding steroid dienone is 7. The molecule has 0 saturated heterocycles. The first-order valence-corrected chi connectivity index (χ1v) is 14.5. The molecule has 3 atom stereocenters. The normalized spacial score (nSPS) is 26.9. The lowest BCUT2D eigenvalue weighted by Gasteiger charge is -2.34. The summed E-state index contributed by atoms with van der Waals surface area (Å²) in [6, 6.07) is 0. The van der Waals surface area contributed by atoms with Gasteiger partial charge in [0.05, 0.1) is 6.10 Å². The summed E-state index contributed by atoms with van der Waals surface area (Å²) in [5.41, 5.74) is 3.85. The van der Waals surface area contributed by atoms with E-state index in [1.54, 1.807) is 5.57 Å². The highest BCUT2D eigenvalue weighted by atomic mass is 16.3. The highest BCUT2D eigenvalue weighted by molar-refractivity contribution is 5.25. The Balaban J connectivity index is 0.00000281. The van der Waals surface area contributed by atoms with Gasteiger partial charge in [0.2, 0.25) is 0 Å². The highest BCUT2D eigenvalue weighted by Crippen LogP contribution is 2.53. The molecule has 1 nitrogen and oxygen atoms in total. The van der Waals surface area contributed by atoms with Gasteiger partial charge in [-0.05, 0) is 112 Å². The molecular weight excluding hydrogens is 412 g/mol. The van der Waals surface area contributed by atoms with Crippen LogP contribution in [-0.2, 0) is 0 Å². The third kappa shape index (κ3) is 10.3. The minimum atomic E-state index is -0.208. The summed E-state index contributed by atoms with van der Waals surface area (Å²) in [5, 5.41) is 9.51. The highest BCUT2D eigenvalue weighted by Gasteiger charge is 2.42. The lowest BCUT2D eigenvalue weighted by molar-refractivity contribution is 0.178. The van der Waals surface area contributed by atoms with Gasteiger partial charge in [-0.1, -0.05) is 91.0 Å². The molecule has 1 heteroatoms. The van der Waals surface area contributed by atoms with Crippen LogP contribution in [0, 0.1) is 28.6 Å². The van der Waals surface area contributed by atoms with Gasteiger partial charge in [-0.25, -0.2) is 0 Å². The molecular formula is C33H58O. The van der Waals surface area contributed by atoms with E-state index in [-0.39, 0.29) is 6.10 Å². The van der Waals surface area contributed by atoms with E-state index >= 15 is 0 Å². The zero-order valence-electron chi connectivity index (χ0n) is 24.1. The second-order valence-electron chi connectivity index (χ2n) is 12.0. The summed E-state index contributed by atoms with van der Waals surface area (Å²) in [5.74, 6) is 2.21. The van der Waals surface area contributed by atoms with Gasteiger partial charge in [-0.3, -0.25) is 0 Å². The number of aliphatic hydroxyl groups excluding tert-OH is 1. The van der Waals surface area contributed by atoms with Crippen LogP contribution in [0.3, 0.4) is 0 Å². The minimum absolute atomic E-state index is 0.208.